The molecular formula is C21H20O3. The molecule has 1 fully saturated rings. The summed E-state index contributed by atoms with van der Waals surface area (Å²) in [5.41, 5.74) is 2.23. The molecule has 122 valence electrons. The van der Waals surface area contributed by atoms with E-state index in [0.29, 0.717) is 6.61 Å². The van der Waals surface area contributed by atoms with Gasteiger partial charge in [0.1, 0.15) is 12.4 Å². The van der Waals surface area contributed by atoms with Gasteiger partial charge in [-0.05, 0) is 34.9 Å². The van der Waals surface area contributed by atoms with E-state index in [0.717, 1.165) is 30.9 Å². The Balaban J connectivity index is 1.45. The van der Waals surface area contributed by atoms with Crippen LogP contribution in [0.4, 0.5) is 0 Å². The maximum absolute atomic E-state index is 5.96. The second-order valence-electron chi connectivity index (χ2n) is 5.92. The summed E-state index contributed by atoms with van der Waals surface area (Å²) in [7, 11) is 0. The topological polar surface area (TPSA) is 27.7 Å². The van der Waals surface area contributed by atoms with Gasteiger partial charge >= 0.3 is 0 Å². The van der Waals surface area contributed by atoms with Gasteiger partial charge in [0.2, 0.25) is 0 Å². The molecule has 3 aromatic rings. The molecule has 0 N–H and O–H groups in total. The van der Waals surface area contributed by atoms with E-state index in [2.05, 4.69) is 42.5 Å². The van der Waals surface area contributed by atoms with E-state index in [1.165, 1.54) is 16.3 Å². The van der Waals surface area contributed by atoms with Gasteiger partial charge in [0, 0.05) is 5.56 Å². The van der Waals surface area contributed by atoms with Crippen molar-refractivity contribution in [3.63, 3.8) is 0 Å². The van der Waals surface area contributed by atoms with Crippen LogP contribution in [0.3, 0.4) is 0 Å². The van der Waals surface area contributed by atoms with Gasteiger partial charge < -0.3 is 14.2 Å². The molecule has 0 atom stereocenters. The first-order valence-electron chi connectivity index (χ1n) is 8.33. The van der Waals surface area contributed by atoms with Gasteiger partial charge in [-0.2, -0.15) is 0 Å². The quantitative estimate of drug-likeness (QED) is 0.687. The molecule has 0 bridgehead atoms. The largest absolute Gasteiger partial charge is 0.489 e. The summed E-state index contributed by atoms with van der Waals surface area (Å²) >= 11 is 0. The van der Waals surface area contributed by atoms with Gasteiger partial charge in [0.05, 0.1) is 13.2 Å². The summed E-state index contributed by atoms with van der Waals surface area (Å²) in [5.74, 6) is 0.850. The van der Waals surface area contributed by atoms with Gasteiger partial charge in [-0.3, -0.25) is 0 Å². The lowest BCUT2D eigenvalue weighted by atomic mass is 10.1. The fraction of sp³-hybridized carbons (Fsp3) is 0.238. The molecule has 1 heterocycles. The molecule has 4 rings (SSSR count). The first-order chi connectivity index (χ1) is 11.9. The van der Waals surface area contributed by atoms with E-state index in [1.54, 1.807) is 0 Å². The first-order valence-corrected chi connectivity index (χ1v) is 8.33. The van der Waals surface area contributed by atoms with E-state index in [9.17, 15) is 0 Å². The fourth-order valence-electron chi connectivity index (χ4n) is 2.98. The predicted octanol–water partition coefficient (Wildman–Crippen LogP) is 4.85. The number of fused-ring (bicyclic) bond motifs is 1. The van der Waals surface area contributed by atoms with Crippen LogP contribution in [0.1, 0.15) is 23.8 Å². The Morgan fingerprint density at radius 3 is 2.42 bits per heavy atom. The molecule has 24 heavy (non-hydrogen) atoms. The van der Waals surface area contributed by atoms with E-state index < -0.39 is 0 Å². The van der Waals surface area contributed by atoms with Crippen LogP contribution in [0, 0.1) is 0 Å². The molecule has 0 aliphatic carbocycles. The molecule has 1 aliphatic rings. The minimum atomic E-state index is -0.245. The Morgan fingerprint density at radius 1 is 0.833 bits per heavy atom. The van der Waals surface area contributed by atoms with Gasteiger partial charge in [-0.15, -0.1) is 0 Å². The minimum absolute atomic E-state index is 0.245. The fourth-order valence-corrected chi connectivity index (χ4v) is 2.98. The van der Waals surface area contributed by atoms with Gasteiger partial charge in [-0.25, -0.2) is 0 Å². The lowest BCUT2D eigenvalue weighted by molar-refractivity contribution is -0.183. The highest BCUT2D eigenvalue weighted by molar-refractivity contribution is 5.85. The van der Waals surface area contributed by atoms with Gasteiger partial charge in [0.15, 0.2) is 6.29 Å². The molecule has 0 unspecified atom stereocenters. The van der Waals surface area contributed by atoms with Crippen molar-refractivity contribution in [1.29, 1.82) is 0 Å². The third-order valence-corrected chi connectivity index (χ3v) is 4.25. The standard InChI is InChI=1S/C21H20O3/c1-2-8-20-16(5-1)6-3-7-18(20)15-24-19-11-9-17(10-12-19)21-22-13-4-14-23-21/h1-3,5-12,21H,4,13-15H2. The van der Waals surface area contributed by atoms with Crippen LogP contribution >= 0.6 is 0 Å². The number of hydrogen-bond acceptors (Lipinski definition) is 3. The van der Waals surface area contributed by atoms with Crippen LogP contribution in [0.15, 0.2) is 66.7 Å². The normalized spacial score (nSPS) is 15.5. The second-order valence-corrected chi connectivity index (χ2v) is 5.92. The highest BCUT2D eigenvalue weighted by atomic mass is 16.7. The van der Waals surface area contributed by atoms with E-state index in [1.807, 2.05) is 24.3 Å². The summed E-state index contributed by atoms with van der Waals surface area (Å²) in [6.07, 6.45) is 0.716. The molecule has 3 nitrogen and oxygen atoms in total. The molecular weight excluding hydrogens is 300 g/mol. The van der Waals surface area contributed by atoms with Crippen LogP contribution in [0.25, 0.3) is 10.8 Å². The number of benzene rings is 3. The number of ether oxygens (including phenoxy) is 3. The molecule has 0 amide bonds. The van der Waals surface area contributed by atoms with Crippen LogP contribution < -0.4 is 4.74 Å². The first kappa shape index (κ1) is 15.2. The van der Waals surface area contributed by atoms with Crippen molar-refractivity contribution in [3.05, 3.63) is 77.9 Å². The average molecular weight is 320 g/mol. The van der Waals surface area contributed by atoms with Crippen LogP contribution in [0.2, 0.25) is 0 Å². The molecule has 3 aromatic carbocycles. The summed E-state index contributed by atoms with van der Waals surface area (Å²) < 4.78 is 17.2. The molecule has 0 aromatic heterocycles. The SMILES string of the molecule is c1ccc2c(COc3ccc(C4OCCCO4)cc3)cccc2c1. The van der Waals surface area contributed by atoms with E-state index >= 15 is 0 Å². The number of hydrogen-bond donors (Lipinski definition) is 0. The smallest absolute Gasteiger partial charge is 0.183 e. The predicted molar refractivity (Wildman–Crippen MR) is 94.0 cm³/mol. The third-order valence-electron chi connectivity index (χ3n) is 4.25. The van der Waals surface area contributed by atoms with Crippen molar-refractivity contribution >= 4 is 10.8 Å². The zero-order valence-corrected chi connectivity index (χ0v) is 13.5. The van der Waals surface area contributed by atoms with Gasteiger partial charge in [-0.1, -0.05) is 54.6 Å². The van der Waals surface area contributed by atoms with Crippen molar-refractivity contribution in [3.8, 4) is 5.75 Å². The molecule has 1 aliphatic heterocycles. The van der Waals surface area contributed by atoms with E-state index in [4.69, 9.17) is 14.2 Å². The lowest BCUT2D eigenvalue weighted by Crippen LogP contribution is -2.17. The monoisotopic (exact) mass is 320 g/mol. The Bertz CT molecular complexity index is 799. The van der Waals surface area contributed by atoms with Crippen molar-refractivity contribution in [2.24, 2.45) is 0 Å². The molecule has 0 saturated carbocycles. The number of rotatable bonds is 4. The van der Waals surface area contributed by atoms with Crippen LogP contribution in [-0.2, 0) is 16.1 Å². The maximum atomic E-state index is 5.96. The summed E-state index contributed by atoms with van der Waals surface area (Å²) in [6.45, 7) is 2.06. The highest BCUT2D eigenvalue weighted by Gasteiger charge is 2.16. The zero-order valence-electron chi connectivity index (χ0n) is 13.5. The summed E-state index contributed by atoms with van der Waals surface area (Å²) in [5, 5.41) is 2.47. The Labute approximate surface area is 141 Å². The maximum Gasteiger partial charge on any atom is 0.183 e. The summed E-state index contributed by atoms with van der Waals surface area (Å²) in [6, 6.07) is 22.6. The van der Waals surface area contributed by atoms with Gasteiger partial charge in [0.25, 0.3) is 0 Å². The third kappa shape index (κ3) is 3.28. The van der Waals surface area contributed by atoms with Crippen molar-refractivity contribution in [2.45, 2.75) is 19.3 Å². The molecule has 3 heteroatoms. The Hall–Kier alpha value is -2.36. The molecule has 0 radical (unpaired) electrons. The van der Waals surface area contributed by atoms with Crippen LogP contribution in [0.5, 0.6) is 5.75 Å². The summed E-state index contributed by atoms with van der Waals surface area (Å²) in [4.78, 5) is 0. The Morgan fingerprint density at radius 2 is 1.58 bits per heavy atom. The average Bonchev–Trinajstić information content (AvgIpc) is 2.67. The molecule has 1 saturated heterocycles. The van der Waals surface area contributed by atoms with Crippen molar-refractivity contribution < 1.29 is 14.2 Å². The molecule has 0 spiro atoms. The van der Waals surface area contributed by atoms with Crippen molar-refractivity contribution in [1.82, 2.24) is 0 Å². The highest BCUT2D eigenvalue weighted by Crippen LogP contribution is 2.25. The Kier molecular flexibility index (Phi) is 4.45. The van der Waals surface area contributed by atoms with E-state index in [-0.39, 0.29) is 6.29 Å². The second kappa shape index (κ2) is 7.04. The zero-order chi connectivity index (χ0) is 16.2. The lowest BCUT2D eigenvalue weighted by Gasteiger charge is -2.23. The van der Waals surface area contributed by atoms with Crippen LogP contribution in [-0.4, -0.2) is 13.2 Å². The van der Waals surface area contributed by atoms with Crippen molar-refractivity contribution in [2.75, 3.05) is 13.2 Å². The minimum Gasteiger partial charge on any atom is -0.489 e.